The lowest BCUT2D eigenvalue weighted by Gasteiger charge is -2.11. The number of rotatable bonds is 2. The van der Waals surface area contributed by atoms with Gasteiger partial charge in [0, 0.05) is 4.90 Å². The van der Waals surface area contributed by atoms with Gasteiger partial charge in [0.1, 0.15) is 5.38 Å². The molecule has 1 atom stereocenters. The van der Waals surface area contributed by atoms with Crippen LogP contribution in [-0.2, 0) is 4.79 Å². The molecule has 0 aliphatic carbocycles. The highest BCUT2D eigenvalue weighted by molar-refractivity contribution is 7.80. The van der Waals surface area contributed by atoms with E-state index in [0.717, 1.165) is 16.0 Å². The Morgan fingerprint density at radius 2 is 2.15 bits per heavy atom. The maximum absolute atomic E-state index is 11.1. The molecule has 0 bridgehead atoms. The van der Waals surface area contributed by atoms with Crippen molar-refractivity contribution >= 4 is 30.0 Å². The average molecular weight is 215 g/mol. The SMILES string of the molecule is CC(=O)C(Cl)c1c(C)cccc1S. The van der Waals surface area contributed by atoms with E-state index < -0.39 is 5.38 Å². The first kappa shape index (κ1) is 10.6. The molecule has 0 spiro atoms. The molecule has 1 unspecified atom stereocenters. The van der Waals surface area contributed by atoms with Crippen LogP contribution in [0.1, 0.15) is 23.4 Å². The zero-order valence-electron chi connectivity index (χ0n) is 7.54. The quantitative estimate of drug-likeness (QED) is 0.591. The van der Waals surface area contributed by atoms with Crippen LogP contribution in [0.3, 0.4) is 0 Å². The van der Waals surface area contributed by atoms with Crippen LogP contribution in [0.4, 0.5) is 0 Å². The van der Waals surface area contributed by atoms with Crippen LogP contribution in [-0.4, -0.2) is 5.78 Å². The van der Waals surface area contributed by atoms with Gasteiger partial charge in [0.25, 0.3) is 0 Å². The zero-order valence-corrected chi connectivity index (χ0v) is 9.19. The second-order valence-corrected chi connectivity index (χ2v) is 3.90. The fourth-order valence-corrected chi connectivity index (χ4v) is 1.96. The van der Waals surface area contributed by atoms with Crippen molar-refractivity contribution in [3.05, 3.63) is 29.3 Å². The van der Waals surface area contributed by atoms with E-state index >= 15 is 0 Å². The van der Waals surface area contributed by atoms with Gasteiger partial charge in [-0.25, -0.2) is 0 Å². The molecule has 1 rings (SSSR count). The van der Waals surface area contributed by atoms with Crippen molar-refractivity contribution in [1.29, 1.82) is 0 Å². The topological polar surface area (TPSA) is 17.1 Å². The highest BCUT2D eigenvalue weighted by Crippen LogP contribution is 2.30. The molecule has 1 aromatic rings. The number of hydrogen-bond donors (Lipinski definition) is 1. The Kier molecular flexibility index (Phi) is 3.40. The monoisotopic (exact) mass is 214 g/mol. The molecule has 70 valence electrons. The predicted molar refractivity (Wildman–Crippen MR) is 57.7 cm³/mol. The molecule has 0 saturated carbocycles. The van der Waals surface area contributed by atoms with Crippen molar-refractivity contribution in [3.8, 4) is 0 Å². The Labute approximate surface area is 88.5 Å². The van der Waals surface area contributed by atoms with Crippen molar-refractivity contribution in [3.63, 3.8) is 0 Å². The van der Waals surface area contributed by atoms with Crippen LogP contribution >= 0.6 is 24.2 Å². The Bertz CT molecular complexity index is 315. The molecule has 0 radical (unpaired) electrons. The van der Waals surface area contributed by atoms with Crippen LogP contribution in [0, 0.1) is 6.92 Å². The van der Waals surface area contributed by atoms with Crippen LogP contribution in [0.25, 0.3) is 0 Å². The third-order valence-corrected chi connectivity index (χ3v) is 2.83. The van der Waals surface area contributed by atoms with Gasteiger partial charge in [0.05, 0.1) is 0 Å². The number of Topliss-reactive ketones (excluding diaryl/α,β-unsaturated/α-hetero) is 1. The number of halogens is 1. The lowest BCUT2D eigenvalue weighted by atomic mass is 10.0. The molecule has 0 aromatic heterocycles. The first-order valence-electron chi connectivity index (χ1n) is 3.97. The molecule has 0 saturated heterocycles. The normalized spacial score (nSPS) is 12.6. The minimum Gasteiger partial charge on any atom is -0.298 e. The number of carbonyl (C=O) groups is 1. The summed E-state index contributed by atoms with van der Waals surface area (Å²) in [5.41, 5.74) is 1.82. The number of thiol groups is 1. The van der Waals surface area contributed by atoms with E-state index in [1.807, 2.05) is 25.1 Å². The van der Waals surface area contributed by atoms with Gasteiger partial charge >= 0.3 is 0 Å². The van der Waals surface area contributed by atoms with E-state index in [1.54, 1.807) is 0 Å². The van der Waals surface area contributed by atoms with E-state index in [0.29, 0.717) is 0 Å². The van der Waals surface area contributed by atoms with E-state index in [1.165, 1.54) is 6.92 Å². The maximum Gasteiger partial charge on any atom is 0.152 e. The molecule has 1 nitrogen and oxygen atoms in total. The van der Waals surface area contributed by atoms with E-state index in [-0.39, 0.29) is 5.78 Å². The summed E-state index contributed by atoms with van der Waals surface area (Å²) >= 11 is 10.2. The summed E-state index contributed by atoms with van der Waals surface area (Å²) in [5.74, 6) is -0.0498. The third kappa shape index (κ3) is 2.26. The number of benzene rings is 1. The number of carbonyl (C=O) groups excluding carboxylic acids is 1. The van der Waals surface area contributed by atoms with Crippen LogP contribution in [0.15, 0.2) is 23.1 Å². The van der Waals surface area contributed by atoms with Crippen molar-refractivity contribution in [2.45, 2.75) is 24.1 Å². The van der Waals surface area contributed by atoms with Gasteiger partial charge in [-0.2, -0.15) is 0 Å². The maximum atomic E-state index is 11.1. The van der Waals surface area contributed by atoms with E-state index in [9.17, 15) is 4.79 Å². The van der Waals surface area contributed by atoms with Crippen molar-refractivity contribution in [2.75, 3.05) is 0 Å². The molecule has 13 heavy (non-hydrogen) atoms. The molecule has 3 heteroatoms. The summed E-state index contributed by atoms with van der Waals surface area (Å²) in [4.78, 5) is 11.9. The summed E-state index contributed by atoms with van der Waals surface area (Å²) in [6.45, 7) is 3.41. The highest BCUT2D eigenvalue weighted by atomic mass is 35.5. The lowest BCUT2D eigenvalue weighted by Crippen LogP contribution is -2.04. The van der Waals surface area contributed by atoms with Gasteiger partial charge in [-0.15, -0.1) is 24.2 Å². The van der Waals surface area contributed by atoms with E-state index in [2.05, 4.69) is 12.6 Å². The third-order valence-electron chi connectivity index (χ3n) is 1.91. The fourth-order valence-electron chi connectivity index (χ4n) is 1.20. The van der Waals surface area contributed by atoms with E-state index in [4.69, 9.17) is 11.6 Å². The second kappa shape index (κ2) is 4.16. The van der Waals surface area contributed by atoms with Gasteiger partial charge in [-0.1, -0.05) is 12.1 Å². The van der Waals surface area contributed by atoms with Gasteiger partial charge < -0.3 is 0 Å². The predicted octanol–water partition coefficient (Wildman–Crippen LogP) is 3.15. The second-order valence-electron chi connectivity index (χ2n) is 2.98. The molecular formula is C10H11ClOS. The minimum absolute atomic E-state index is 0.0498. The smallest absolute Gasteiger partial charge is 0.152 e. The molecule has 0 heterocycles. The summed E-state index contributed by atoms with van der Waals surface area (Å²) in [5, 5.41) is -0.575. The highest BCUT2D eigenvalue weighted by Gasteiger charge is 2.17. The van der Waals surface area contributed by atoms with Gasteiger partial charge in [-0.3, -0.25) is 4.79 Å². The van der Waals surface area contributed by atoms with Gasteiger partial charge in [-0.05, 0) is 31.0 Å². The Morgan fingerprint density at radius 1 is 1.54 bits per heavy atom. The molecule has 0 amide bonds. The van der Waals surface area contributed by atoms with Crippen LogP contribution < -0.4 is 0 Å². The minimum atomic E-state index is -0.575. The number of aryl methyl sites for hydroxylation is 1. The summed E-state index contributed by atoms with van der Waals surface area (Å²) < 4.78 is 0. The Balaban J connectivity index is 3.20. The number of hydrogen-bond acceptors (Lipinski definition) is 2. The number of alkyl halides is 1. The van der Waals surface area contributed by atoms with Crippen LogP contribution in [0.5, 0.6) is 0 Å². The first-order chi connectivity index (χ1) is 6.04. The Morgan fingerprint density at radius 3 is 2.62 bits per heavy atom. The average Bonchev–Trinajstić information content (AvgIpc) is 2.03. The first-order valence-corrected chi connectivity index (χ1v) is 4.85. The molecule has 0 aliphatic heterocycles. The summed E-state index contributed by atoms with van der Waals surface area (Å²) in [6.07, 6.45) is 0. The zero-order chi connectivity index (χ0) is 10.0. The van der Waals surface area contributed by atoms with Crippen molar-refractivity contribution < 1.29 is 4.79 Å². The van der Waals surface area contributed by atoms with Gasteiger partial charge in [0.2, 0.25) is 0 Å². The molecule has 0 aliphatic rings. The van der Waals surface area contributed by atoms with Crippen molar-refractivity contribution in [1.82, 2.24) is 0 Å². The summed E-state index contributed by atoms with van der Waals surface area (Å²) in [6, 6.07) is 5.65. The summed E-state index contributed by atoms with van der Waals surface area (Å²) in [7, 11) is 0. The molecular weight excluding hydrogens is 204 g/mol. The van der Waals surface area contributed by atoms with Crippen LogP contribution in [0.2, 0.25) is 0 Å². The van der Waals surface area contributed by atoms with Gasteiger partial charge in [0.15, 0.2) is 5.78 Å². The largest absolute Gasteiger partial charge is 0.298 e. The lowest BCUT2D eigenvalue weighted by molar-refractivity contribution is -0.116. The molecule has 1 aromatic carbocycles. The number of ketones is 1. The fraction of sp³-hybridized carbons (Fsp3) is 0.300. The molecule has 0 fully saturated rings. The molecule has 0 N–H and O–H groups in total. The van der Waals surface area contributed by atoms with Crippen molar-refractivity contribution in [2.24, 2.45) is 0 Å². The Hall–Kier alpha value is -0.470. The standard InChI is InChI=1S/C10H11ClOS/c1-6-4-3-5-8(13)9(6)10(11)7(2)12/h3-5,10,13H,1-2H3.